The fourth-order valence-electron chi connectivity index (χ4n) is 2.89. The Morgan fingerprint density at radius 1 is 0.923 bits per heavy atom. The second kappa shape index (κ2) is 3.69. The highest BCUT2D eigenvalue weighted by molar-refractivity contribution is 5.74. The molecule has 13 heavy (non-hydrogen) atoms. The molecule has 2 saturated carbocycles. The van der Waals surface area contributed by atoms with Crippen LogP contribution in [-0.4, -0.2) is 11.1 Å². The van der Waals surface area contributed by atoms with Gasteiger partial charge in [-0.1, -0.05) is 32.1 Å². The molecule has 74 valence electrons. The molecule has 0 amide bonds. The summed E-state index contributed by atoms with van der Waals surface area (Å²) in [5, 5.41) is 8.94. The third-order valence-electron chi connectivity index (χ3n) is 3.69. The van der Waals surface area contributed by atoms with E-state index in [1.807, 2.05) is 0 Å². The van der Waals surface area contributed by atoms with E-state index >= 15 is 0 Å². The molecule has 2 atom stereocenters. The summed E-state index contributed by atoms with van der Waals surface area (Å²) in [6.07, 6.45) is 8.83. The van der Waals surface area contributed by atoms with E-state index in [2.05, 4.69) is 0 Å². The highest BCUT2D eigenvalue weighted by Gasteiger charge is 2.53. The Balaban J connectivity index is 1.90. The third kappa shape index (κ3) is 1.87. The van der Waals surface area contributed by atoms with Crippen molar-refractivity contribution >= 4 is 5.97 Å². The van der Waals surface area contributed by atoms with Gasteiger partial charge in [0.25, 0.3) is 0 Å². The maximum Gasteiger partial charge on any atom is 0.307 e. The second-order valence-corrected chi connectivity index (χ2v) is 4.54. The summed E-state index contributed by atoms with van der Waals surface area (Å²) >= 11 is 0. The van der Waals surface area contributed by atoms with Crippen LogP contribution in [0.5, 0.6) is 0 Å². The van der Waals surface area contributed by atoms with Crippen LogP contribution in [0.15, 0.2) is 0 Å². The molecular weight excluding hydrogens is 164 g/mol. The van der Waals surface area contributed by atoms with E-state index < -0.39 is 5.97 Å². The molecule has 2 fully saturated rings. The molecule has 2 aliphatic carbocycles. The van der Waals surface area contributed by atoms with Crippen LogP contribution in [0.2, 0.25) is 0 Å². The van der Waals surface area contributed by atoms with Gasteiger partial charge in [0.2, 0.25) is 0 Å². The van der Waals surface area contributed by atoms with Crippen LogP contribution in [0.25, 0.3) is 0 Å². The predicted molar refractivity (Wildman–Crippen MR) is 50.4 cm³/mol. The molecule has 2 rings (SSSR count). The molecular formula is C11H18O2. The smallest absolute Gasteiger partial charge is 0.307 e. The van der Waals surface area contributed by atoms with Crippen LogP contribution in [-0.2, 0) is 4.79 Å². The zero-order chi connectivity index (χ0) is 9.26. The SMILES string of the molecule is O=C(O)C1C2CCCCCCCC21. The lowest BCUT2D eigenvalue weighted by Gasteiger charge is -1.98. The Morgan fingerprint density at radius 2 is 1.38 bits per heavy atom. The van der Waals surface area contributed by atoms with Crippen molar-refractivity contribution in [2.45, 2.75) is 44.9 Å². The summed E-state index contributed by atoms with van der Waals surface area (Å²) < 4.78 is 0. The molecule has 0 heterocycles. The minimum Gasteiger partial charge on any atom is -0.481 e. The fraction of sp³-hybridized carbons (Fsp3) is 0.909. The van der Waals surface area contributed by atoms with Gasteiger partial charge in [0.1, 0.15) is 0 Å². The number of rotatable bonds is 1. The van der Waals surface area contributed by atoms with Gasteiger partial charge in [0.15, 0.2) is 0 Å². The van der Waals surface area contributed by atoms with Crippen LogP contribution in [0.1, 0.15) is 44.9 Å². The summed E-state index contributed by atoms with van der Waals surface area (Å²) in [5.41, 5.74) is 0. The van der Waals surface area contributed by atoms with E-state index in [1.165, 1.54) is 44.9 Å². The monoisotopic (exact) mass is 182 g/mol. The Bertz CT molecular complexity index is 186. The lowest BCUT2D eigenvalue weighted by molar-refractivity contribution is -0.139. The van der Waals surface area contributed by atoms with Gasteiger partial charge in [-0.3, -0.25) is 4.79 Å². The minimum atomic E-state index is -0.546. The maximum absolute atomic E-state index is 10.8. The van der Waals surface area contributed by atoms with Crippen LogP contribution in [0.3, 0.4) is 0 Å². The molecule has 2 heteroatoms. The summed E-state index contributed by atoms with van der Waals surface area (Å²) in [5.74, 6) is 0.555. The van der Waals surface area contributed by atoms with Crippen molar-refractivity contribution < 1.29 is 9.90 Å². The molecule has 2 aliphatic rings. The summed E-state index contributed by atoms with van der Waals surface area (Å²) in [7, 11) is 0. The van der Waals surface area contributed by atoms with Gasteiger partial charge in [0.05, 0.1) is 5.92 Å². The Kier molecular flexibility index (Phi) is 2.56. The van der Waals surface area contributed by atoms with Gasteiger partial charge in [-0.25, -0.2) is 0 Å². The fourth-order valence-corrected chi connectivity index (χ4v) is 2.89. The van der Waals surface area contributed by atoms with Gasteiger partial charge in [-0.2, -0.15) is 0 Å². The van der Waals surface area contributed by atoms with Crippen LogP contribution in [0.4, 0.5) is 0 Å². The zero-order valence-electron chi connectivity index (χ0n) is 8.04. The Morgan fingerprint density at radius 3 is 1.85 bits per heavy atom. The molecule has 0 saturated heterocycles. The van der Waals surface area contributed by atoms with Gasteiger partial charge in [0, 0.05) is 0 Å². The molecule has 0 aromatic carbocycles. The quantitative estimate of drug-likeness (QED) is 0.677. The predicted octanol–water partition coefficient (Wildman–Crippen LogP) is 2.68. The van der Waals surface area contributed by atoms with Gasteiger partial charge < -0.3 is 5.11 Å². The first-order valence-corrected chi connectivity index (χ1v) is 5.53. The van der Waals surface area contributed by atoms with Crippen LogP contribution >= 0.6 is 0 Å². The number of carbonyl (C=O) groups is 1. The second-order valence-electron chi connectivity index (χ2n) is 4.54. The Labute approximate surface area is 79.3 Å². The molecule has 2 unspecified atom stereocenters. The molecule has 0 spiro atoms. The molecule has 0 aromatic rings. The van der Waals surface area contributed by atoms with Crippen molar-refractivity contribution in [3.63, 3.8) is 0 Å². The average molecular weight is 182 g/mol. The molecule has 0 aliphatic heterocycles. The standard InChI is InChI=1S/C11H18O2/c12-11(13)10-8-6-4-2-1-3-5-7-9(8)10/h8-10H,1-7H2,(H,12,13). The van der Waals surface area contributed by atoms with E-state index in [4.69, 9.17) is 5.11 Å². The topological polar surface area (TPSA) is 37.3 Å². The third-order valence-corrected chi connectivity index (χ3v) is 3.69. The number of fused-ring (bicyclic) bond motifs is 1. The van der Waals surface area contributed by atoms with Crippen molar-refractivity contribution in [1.82, 2.24) is 0 Å². The van der Waals surface area contributed by atoms with E-state index in [-0.39, 0.29) is 5.92 Å². The lowest BCUT2D eigenvalue weighted by atomic mass is 10.1. The van der Waals surface area contributed by atoms with Crippen molar-refractivity contribution in [1.29, 1.82) is 0 Å². The van der Waals surface area contributed by atoms with Gasteiger partial charge in [-0.05, 0) is 24.7 Å². The van der Waals surface area contributed by atoms with E-state index in [9.17, 15) is 4.79 Å². The molecule has 1 N–H and O–H groups in total. The van der Waals surface area contributed by atoms with Gasteiger partial charge >= 0.3 is 5.97 Å². The van der Waals surface area contributed by atoms with E-state index in [1.54, 1.807) is 0 Å². The minimum absolute atomic E-state index is 0.0260. The van der Waals surface area contributed by atoms with Crippen LogP contribution < -0.4 is 0 Å². The Hall–Kier alpha value is -0.530. The molecule has 2 nitrogen and oxygen atoms in total. The van der Waals surface area contributed by atoms with Crippen molar-refractivity contribution in [3.8, 4) is 0 Å². The first kappa shape index (κ1) is 9.04. The first-order valence-electron chi connectivity index (χ1n) is 5.53. The van der Waals surface area contributed by atoms with E-state index in [0.717, 1.165) is 0 Å². The maximum atomic E-state index is 10.8. The van der Waals surface area contributed by atoms with Crippen LogP contribution in [0, 0.1) is 17.8 Å². The summed E-state index contributed by atoms with van der Waals surface area (Å²) in [6.45, 7) is 0. The van der Waals surface area contributed by atoms with Crippen molar-refractivity contribution in [2.75, 3.05) is 0 Å². The molecule has 0 aromatic heterocycles. The zero-order valence-corrected chi connectivity index (χ0v) is 8.04. The molecule has 0 bridgehead atoms. The number of hydrogen-bond donors (Lipinski definition) is 1. The van der Waals surface area contributed by atoms with Crippen molar-refractivity contribution in [3.05, 3.63) is 0 Å². The summed E-state index contributed by atoms with van der Waals surface area (Å²) in [6, 6.07) is 0. The number of carboxylic acids is 1. The average Bonchev–Trinajstić information content (AvgIpc) is 2.75. The highest BCUT2D eigenvalue weighted by Crippen LogP contribution is 2.53. The van der Waals surface area contributed by atoms with Crippen molar-refractivity contribution in [2.24, 2.45) is 17.8 Å². The summed E-state index contributed by atoms with van der Waals surface area (Å²) in [4.78, 5) is 10.8. The largest absolute Gasteiger partial charge is 0.481 e. The number of carboxylic acid groups (broad SMARTS) is 1. The highest BCUT2D eigenvalue weighted by atomic mass is 16.4. The molecule has 0 radical (unpaired) electrons. The number of hydrogen-bond acceptors (Lipinski definition) is 1. The van der Waals surface area contributed by atoms with E-state index in [0.29, 0.717) is 11.8 Å². The normalized spacial score (nSPS) is 39.5. The number of aliphatic carboxylic acids is 1. The van der Waals surface area contributed by atoms with Gasteiger partial charge in [-0.15, -0.1) is 0 Å². The first-order chi connectivity index (χ1) is 6.30. The lowest BCUT2D eigenvalue weighted by Crippen LogP contribution is -2.01.